The van der Waals surface area contributed by atoms with E-state index in [1.165, 1.54) is 0 Å². The molecule has 0 amide bonds. The molecule has 0 atom stereocenters. The predicted molar refractivity (Wildman–Crippen MR) is 63.9 cm³/mol. The predicted octanol–water partition coefficient (Wildman–Crippen LogP) is 2.83. The van der Waals surface area contributed by atoms with Crippen LogP contribution < -0.4 is 0 Å². The number of carbonyl (C=O) groups is 1. The summed E-state index contributed by atoms with van der Waals surface area (Å²) in [5.41, 5.74) is 0. The summed E-state index contributed by atoms with van der Waals surface area (Å²) >= 11 is 3.20. The highest BCUT2D eigenvalue weighted by Gasteiger charge is 2.14. The number of rotatable bonds is 5. The van der Waals surface area contributed by atoms with E-state index in [2.05, 4.69) is 0 Å². The smallest absolute Gasteiger partial charge is 0.374 e. The highest BCUT2D eigenvalue weighted by molar-refractivity contribution is 7.98. The number of carbonyl (C=O) groups excluding carboxylic acids is 1. The maximum absolute atomic E-state index is 11.5. The van der Waals surface area contributed by atoms with Crippen LogP contribution in [0.3, 0.4) is 0 Å². The van der Waals surface area contributed by atoms with Gasteiger partial charge in [0.1, 0.15) is 12.4 Å². The molecule has 0 aliphatic carbocycles. The molecule has 0 radical (unpaired) electrons. The third-order valence-corrected chi connectivity index (χ3v) is 3.23. The Kier molecular flexibility index (Phi) is 5.11. The van der Waals surface area contributed by atoms with Crippen LogP contribution in [-0.2, 0) is 4.74 Å². The van der Waals surface area contributed by atoms with Crippen molar-refractivity contribution in [2.45, 2.75) is 11.8 Å². The molecule has 0 bridgehead atoms. The fourth-order valence-corrected chi connectivity index (χ4v) is 1.86. The molecule has 0 saturated heterocycles. The molecule has 1 aromatic rings. The zero-order valence-corrected chi connectivity index (χ0v) is 10.7. The molecule has 0 aliphatic heterocycles. The summed E-state index contributed by atoms with van der Waals surface area (Å²) in [5, 5.41) is 0. The lowest BCUT2D eigenvalue weighted by atomic mass is 10.4. The van der Waals surface area contributed by atoms with Gasteiger partial charge in [0.2, 0.25) is 5.76 Å². The van der Waals surface area contributed by atoms with Gasteiger partial charge in [0.15, 0.2) is 0 Å². The van der Waals surface area contributed by atoms with Crippen LogP contribution in [0.1, 0.15) is 16.3 Å². The maximum atomic E-state index is 11.5. The van der Waals surface area contributed by atoms with Gasteiger partial charge in [-0.3, -0.25) is 0 Å². The van der Waals surface area contributed by atoms with E-state index >= 15 is 0 Å². The molecule has 0 aliphatic rings. The van der Waals surface area contributed by atoms with Gasteiger partial charge in [-0.2, -0.15) is 11.8 Å². The van der Waals surface area contributed by atoms with Crippen LogP contribution in [0.2, 0.25) is 0 Å². The first-order valence-corrected chi connectivity index (χ1v) is 7.11. The average Bonchev–Trinajstić information content (AvgIpc) is 2.60. The van der Waals surface area contributed by atoms with Crippen LogP contribution in [0, 0.1) is 6.92 Å². The molecular weight excluding hydrogens is 232 g/mol. The first kappa shape index (κ1) is 12.5. The summed E-state index contributed by atoms with van der Waals surface area (Å²) < 4.78 is 10.3. The zero-order valence-electron chi connectivity index (χ0n) is 9.03. The van der Waals surface area contributed by atoms with Crippen LogP contribution >= 0.6 is 23.5 Å². The molecule has 0 saturated carbocycles. The Morgan fingerprint density at radius 1 is 1.53 bits per heavy atom. The van der Waals surface area contributed by atoms with Gasteiger partial charge in [-0.1, -0.05) is 0 Å². The van der Waals surface area contributed by atoms with Gasteiger partial charge >= 0.3 is 5.97 Å². The zero-order chi connectivity index (χ0) is 11.3. The minimum absolute atomic E-state index is 0.290. The first-order chi connectivity index (χ1) is 7.19. The molecule has 0 unspecified atom stereocenters. The third kappa shape index (κ3) is 3.50. The molecule has 0 aromatic carbocycles. The van der Waals surface area contributed by atoms with Gasteiger partial charge in [0.25, 0.3) is 0 Å². The van der Waals surface area contributed by atoms with E-state index in [9.17, 15) is 4.79 Å². The molecule has 84 valence electrons. The second-order valence-corrected chi connectivity index (χ2v) is 4.70. The second kappa shape index (κ2) is 6.12. The van der Waals surface area contributed by atoms with Gasteiger partial charge in [0.05, 0.1) is 0 Å². The summed E-state index contributed by atoms with van der Waals surface area (Å²) in [6.07, 6.45) is 3.91. The summed E-state index contributed by atoms with van der Waals surface area (Å²) in [4.78, 5) is 12.4. The number of esters is 1. The first-order valence-electron chi connectivity index (χ1n) is 4.49. The number of aryl methyl sites for hydroxylation is 1. The summed E-state index contributed by atoms with van der Waals surface area (Å²) in [5.74, 6) is 1.48. The molecule has 1 heterocycles. The Balaban J connectivity index is 2.58. The Morgan fingerprint density at radius 3 is 2.80 bits per heavy atom. The topological polar surface area (TPSA) is 39.4 Å². The van der Waals surface area contributed by atoms with Crippen molar-refractivity contribution in [3.05, 3.63) is 17.6 Å². The molecule has 0 N–H and O–H groups in total. The molecule has 15 heavy (non-hydrogen) atoms. The Morgan fingerprint density at radius 2 is 2.27 bits per heavy atom. The van der Waals surface area contributed by atoms with Crippen LogP contribution in [0.5, 0.6) is 0 Å². The Hall–Kier alpha value is -0.550. The van der Waals surface area contributed by atoms with Crippen LogP contribution in [0.4, 0.5) is 0 Å². The van der Waals surface area contributed by atoms with Crippen molar-refractivity contribution < 1.29 is 13.9 Å². The van der Waals surface area contributed by atoms with Crippen molar-refractivity contribution in [2.24, 2.45) is 0 Å². The third-order valence-electron chi connectivity index (χ3n) is 1.81. The van der Waals surface area contributed by atoms with Crippen molar-refractivity contribution in [1.29, 1.82) is 0 Å². The van der Waals surface area contributed by atoms with Crippen LogP contribution in [-0.4, -0.2) is 30.8 Å². The lowest BCUT2D eigenvalue weighted by molar-refractivity contribution is 0.0492. The normalized spacial score (nSPS) is 10.3. The monoisotopic (exact) mass is 246 g/mol. The van der Waals surface area contributed by atoms with E-state index in [1.807, 2.05) is 19.4 Å². The van der Waals surface area contributed by atoms with Gasteiger partial charge in [-0.15, -0.1) is 11.8 Å². The maximum Gasteiger partial charge on any atom is 0.374 e. The lowest BCUT2D eigenvalue weighted by Gasteiger charge is -1.99. The molecule has 1 rings (SSSR count). The standard InChI is InChI=1S/C10H14O3S2/c1-7-9(15-3)6-8(13-7)10(11)12-4-5-14-2/h6H,4-5H2,1-3H3. The highest BCUT2D eigenvalue weighted by Crippen LogP contribution is 2.24. The summed E-state index contributed by atoms with van der Waals surface area (Å²) in [6.45, 7) is 2.26. The van der Waals surface area contributed by atoms with Crippen molar-refractivity contribution in [3.8, 4) is 0 Å². The number of furan rings is 1. The van der Waals surface area contributed by atoms with E-state index in [4.69, 9.17) is 9.15 Å². The van der Waals surface area contributed by atoms with E-state index in [0.29, 0.717) is 6.61 Å². The molecule has 1 aromatic heterocycles. The quantitative estimate of drug-likeness (QED) is 0.454. The second-order valence-electron chi connectivity index (χ2n) is 2.86. The minimum atomic E-state index is -0.382. The van der Waals surface area contributed by atoms with E-state index < -0.39 is 0 Å². The van der Waals surface area contributed by atoms with Gasteiger partial charge in [-0.25, -0.2) is 4.79 Å². The van der Waals surface area contributed by atoms with Crippen molar-refractivity contribution >= 4 is 29.5 Å². The largest absolute Gasteiger partial charge is 0.459 e. The number of hydrogen-bond acceptors (Lipinski definition) is 5. The fourth-order valence-electron chi connectivity index (χ4n) is 1.06. The molecule has 0 fully saturated rings. The molecule has 0 spiro atoms. The van der Waals surface area contributed by atoms with E-state index in [1.54, 1.807) is 29.6 Å². The van der Waals surface area contributed by atoms with Gasteiger partial charge in [-0.05, 0) is 19.4 Å². The lowest BCUT2D eigenvalue weighted by Crippen LogP contribution is -2.06. The number of hydrogen-bond donors (Lipinski definition) is 0. The number of ether oxygens (including phenoxy) is 1. The van der Waals surface area contributed by atoms with E-state index in [-0.39, 0.29) is 11.7 Å². The number of thioether (sulfide) groups is 2. The molecular formula is C10H14O3S2. The average molecular weight is 246 g/mol. The summed E-state index contributed by atoms with van der Waals surface area (Å²) in [7, 11) is 0. The minimum Gasteiger partial charge on any atom is -0.459 e. The Bertz CT molecular complexity index is 333. The summed E-state index contributed by atoms with van der Waals surface area (Å²) in [6, 6.07) is 1.72. The van der Waals surface area contributed by atoms with Crippen molar-refractivity contribution in [3.63, 3.8) is 0 Å². The van der Waals surface area contributed by atoms with Gasteiger partial charge < -0.3 is 9.15 Å². The molecule has 3 nitrogen and oxygen atoms in total. The van der Waals surface area contributed by atoms with Crippen LogP contribution in [0.15, 0.2) is 15.4 Å². The highest BCUT2D eigenvalue weighted by atomic mass is 32.2. The SMILES string of the molecule is CSCCOC(=O)c1cc(SC)c(C)o1. The van der Waals surface area contributed by atoms with Crippen molar-refractivity contribution in [2.75, 3.05) is 24.9 Å². The van der Waals surface area contributed by atoms with Crippen molar-refractivity contribution in [1.82, 2.24) is 0 Å². The Labute approximate surface area is 97.9 Å². The van der Waals surface area contributed by atoms with Gasteiger partial charge in [0, 0.05) is 16.7 Å². The van der Waals surface area contributed by atoms with E-state index in [0.717, 1.165) is 16.4 Å². The molecule has 5 heteroatoms. The van der Waals surface area contributed by atoms with Crippen LogP contribution in [0.25, 0.3) is 0 Å². The fraction of sp³-hybridized carbons (Fsp3) is 0.500.